The fraction of sp³-hybridized carbons (Fsp3) is 0.407. The van der Waals surface area contributed by atoms with Crippen LogP contribution in [-0.2, 0) is 11.2 Å². The van der Waals surface area contributed by atoms with Crippen LogP contribution in [0.15, 0.2) is 54.7 Å². The maximum absolute atomic E-state index is 12.8. The number of nitrogens with zero attached hydrogens (tertiary/aromatic N) is 1. The van der Waals surface area contributed by atoms with Crippen LogP contribution in [0.2, 0.25) is 0 Å². The smallest absolute Gasteiger partial charge is 0.410 e. The average Bonchev–Trinajstić information content (AvgIpc) is 3.21. The van der Waals surface area contributed by atoms with Crippen LogP contribution >= 0.6 is 0 Å². The van der Waals surface area contributed by atoms with Gasteiger partial charge in [-0.2, -0.15) is 0 Å². The maximum Gasteiger partial charge on any atom is 0.410 e. The van der Waals surface area contributed by atoms with Crippen LogP contribution < -0.4 is 4.74 Å². The van der Waals surface area contributed by atoms with Gasteiger partial charge in [0.05, 0.1) is 7.11 Å². The molecule has 1 N–H and O–H groups in total. The quantitative estimate of drug-likeness (QED) is 0.303. The predicted octanol–water partition coefficient (Wildman–Crippen LogP) is 6.01. The first-order valence-corrected chi connectivity index (χ1v) is 11.5. The fourth-order valence-corrected chi connectivity index (χ4v) is 3.81. The molecule has 0 fully saturated rings. The first-order chi connectivity index (χ1) is 15.8. The number of H-pyrrole nitrogens is 1. The molecule has 0 radical (unpaired) electrons. The van der Waals surface area contributed by atoms with Crippen molar-refractivity contribution in [2.24, 2.45) is 0 Å². The van der Waals surface area contributed by atoms with Crippen molar-refractivity contribution in [2.75, 3.05) is 20.2 Å². The zero-order valence-electron chi connectivity index (χ0n) is 20.0. The highest BCUT2D eigenvalue weighted by molar-refractivity contribution is 6.07. The molecule has 2 aromatic carbocycles. The summed E-state index contributed by atoms with van der Waals surface area (Å²) in [5.41, 5.74) is 2.17. The molecule has 176 valence electrons. The van der Waals surface area contributed by atoms with Crippen LogP contribution in [0.1, 0.15) is 56.0 Å². The zero-order valence-corrected chi connectivity index (χ0v) is 20.0. The van der Waals surface area contributed by atoms with E-state index in [2.05, 4.69) is 4.98 Å². The van der Waals surface area contributed by atoms with Crippen molar-refractivity contribution in [3.63, 3.8) is 0 Å². The number of amides is 1. The van der Waals surface area contributed by atoms with Crippen molar-refractivity contribution < 1.29 is 19.1 Å². The number of aromatic amines is 1. The van der Waals surface area contributed by atoms with Crippen LogP contribution in [0.4, 0.5) is 4.79 Å². The van der Waals surface area contributed by atoms with E-state index in [4.69, 9.17) is 9.47 Å². The molecule has 0 saturated heterocycles. The van der Waals surface area contributed by atoms with Crippen molar-refractivity contribution in [2.45, 2.75) is 52.1 Å². The number of rotatable bonds is 10. The summed E-state index contributed by atoms with van der Waals surface area (Å²) in [7, 11) is 1.65. The van der Waals surface area contributed by atoms with E-state index in [0.29, 0.717) is 32.4 Å². The molecule has 0 aliphatic rings. The SMILES string of the molecule is COc1ccccc1CCN(CCCCC(=O)c1c[nH]c2ccccc12)C(=O)OC(C)(C)C. The van der Waals surface area contributed by atoms with E-state index in [1.807, 2.05) is 69.3 Å². The van der Waals surface area contributed by atoms with Crippen LogP contribution in [0.25, 0.3) is 10.9 Å². The van der Waals surface area contributed by atoms with Crippen LogP contribution in [0.5, 0.6) is 5.75 Å². The topological polar surface area (TPSA) is 71.6 Å². The second-order valence-corrected chi connectivity index (χ2v) is 9.16. The second kappa shape index (κ2) is 11.0. The number of aromatic nitrogens is 1. The van der Waals surface area contributed by atoms with Gasteiger partial charge in [0, 0.05) is 42.2 Å². The van der Waals surface area contributed by atoms with Gasteiger partial charge in [-0.3, -0.25) is 4.79 Å². The maximum atomic E-state index is 12.8. The second-order valence-electron chi connectivity index (χ2n) is 9.16. The van der Waals surface area contributed by atoms with Gasteiger partial charge in [-0.15, -0.1) is 0 Å². The monoisotopic (exact) mass is 450 g/mol. The summed E-state index contributed by atoms with van der Waals surface area (Å²) in [6.45, 7) is 6.65. The van der Waals surface area contributed by atoms with Crippen molar-refractivity contribution >= 4 is 22.8 Å². The summed E-state index contributed by atoms with van der Waals surface area (Å²) in [4.78, 5) is 30.4. The molecule has 0 spiro atoms. The fourth-order valence-electron chi connectivity index (χ4n) is 3.81. The van der Waals surface area contributed by atoms with Gasteiger partial charge in [0.25, 0.3) is 0 Å². The van der Waals surface area contributed by atoms with Crippen molar-refractivity contribution in [1.82, 2.24) is 9.88 Å². The zero-order chi connectivity index (χ0) is 23.8. The number of carbonyl (C=O) groups is 2. The number of nitrogens with one attached hydrogen (secondary N) is 1. The Hall–Kier alpha value is -3.28. The molecule has 0 aliphatic carbocycles. The highest BCUT2D eigenvalue weighted by Gasteiger charge is 2.22. The number of Topliss-reactive ketones (excluding diaryl/α,β-unsaturated/α-hetero) is 1. The molecule has 0 unspecified atom stereocenters. The lowest BCUT2D eigenvalue weighted by atomic mass is 10.0. The molecule has 1 heterocycles. The molecule has 3 aromatic rings. The number of hydrogen-bond acceptors (Lipinski definition) is 4. The number of carbonyl (C=O) groups excluding carboxylic acids is 2. The minimum Gasteiger partial charge on any atom is -0.496 e. The van der Waals surface area contributed by atoms with E-state index in [1.165, 1.54) is 0 Å². The summed E-state index contributed by atoms with van der Waals surface area (Å²) in [6.07, 6.45) is 3.98. The Morgan fingerprint density at radius 1 is 0.970 bits per heavy atom. The number of fused-ring (bicyclic) bond motifs is 1. The molecule has 6 nitrogen and oxygen atoms in total. The summed E-state index contributed by atoms with van der Waals surface area (Å²) in [6, 6.07) is 15.6. The number of hydrogen-bond donors (Lipinski definition) is 1. The Kier molecular flexibility index (Phi) is 8.15. The summed E-state index contributed by atoms with van der Waals surface area (Å²) < 4.78 is 11.0. The molecule has 33 heavy (non-hydrogen) atoms. The number of benzene rings is 2. The Bertz CT molecular complexity index is 1080. The van der Waals surface area contributed by atoms with E-state index in [-0.39, 0.29) is 11.9 Å². The van der Waals surface area contributed by atoms with Crippen LogP contribution in [0, 0.1) is 0 Å². The van der Waals surface area contributed by atoms with Crippen molar-refractivity contribution in [3.8, 4) is 5.75 Å². The van der Waals surface area contributed by atoms with Crippen molar-refractivity contribution in [1.29, 1.82) is 0 Å². The Morgan fingerprint density at radius 3 is 2.45 bits per heavy atom. The molecule has 0 bridgehead atoms. The lowest BCUT2D eigenvalue weighted by molar-refractivity contribution is 0.0249. The molecule has 0 aliphatic heterocycles. The molecule has 3 rings (SSSR count). The number of para-hydroxylation sites is 2. The van der Waals surface area contributed by atoms with Gasteiger partial charge < -0.3 is 19.4 Å². The first-order valence-electron chi connectivity index (χ1n) is 11.5. The van der Waals surface area contributed by atoms with E-state index >= 15 is 0 Å². The van der Waals surface area contributed by atoms with Gasteiger partial charge in [-0.25, -0.2) is 4.79 Å². The summed E-state index contributed by atoms with van der Waals surface area (Å²) in [5.74, 6) is 0.927. The largest absolute Gasteiger partial charge is 0.496 e. The number of unbranched alkanes of at least 4 members (excludes halogenated alkanes) is 1. The third kappa shape index (κ3) is 6.85. The van der Waals surface area contributed by atoms with E-state index in [0.717, 1.165) is 34.2 Å². The van der Waals surface area contributed by atoms with E-state index in [9.17, 15) is 9.59 Å². The van der Waals surface area contributed by atoms with Crippen LogP contribution in [-0.4, -0.2) is 47.6 Å². The van der Waals surface area contributed by atoms with Gasteiger partial charge in [0.1, 0.15) is 11.4 Å². The molecule has 0 atom stereocenters. The Morgan fingerprint density at radius 2 is 1.70 bits per heavy atom. The van der Waals surface area contributed by atoms with E-state index < -0.39 is 5.60 Å². The molecule has 6 heteroatoms. The number of ether oxygens (including phenoxy) is 2. The first kappa shape index (κ1) is 24.4. The van der Waals surface area contributed by atoms with Gasteiger partial charge in [0.2, 0.25) is 0 Å². The molecule has 1 aromatic heterocycles. The average molecular weight is 451 g/mol. The molecular formula is C27H34N2O4. The van der Waals surface area contributed by atoms with Crippen molar-refractivity contribution in [3.05, 3.63) is 65.9 Å². The summed E-state index contributed by atoms with van der Waals surface area (Å²) in [5, 5.41) is 0.953. The van der Waals surface area contributed by atoms with E-state index in [1.54, 1.807) is 18.2 Å². The number of ketones is 1. The van der Waals surface area contributed by atoms with Gasteiger partial charge in [-0.05, 0) is 57.7 Å². The third-order valence-corrected chi connectivity index (χ3v) is 5.47. The number of methoxy groups -OCH3 is 1. The standard InChI is InChI=1S/C27H34N2O4/c1-27(2,3)33-26(31)29(18-16-20-11-5-8-15-25(20)32-4)17-10-9-14-24(30)22-19-28-23-13-7-6-12-21(22)23/h5-8,11-13,15,19,28H,9-10,14,16-18H2,1-4H3. The Balaban J connectivity index is 1.57. The third-order valence-electron chi connectivity index (χ3n) is 5.47. The molecular weight excluding hydrogens is 416 g/mol. The van der Waals surface area contributed by atoms with Crippen LogP contribution in [0.3, 0.4) is 0 Å². The minimum absolute atomic E-state index is 0.116. The molecule has 1 amide bonds. The van der Waals surface area contributed by atoms with Gasteiger partial charge in [0.15, 0.2) is 5.78 Å². The highest BCUT2D eigenvalue weighted by atomic mass is 16.6. The minimum atomic E-state index is -0.564. The predicted molar refractivity (Wildman–Crippen MR) is 131 cm³/mol. The van der Waals surface area contributed by atoms with Gasteiger partial charge in [-0.1, -0.05) is 36.4 Å². The highest BCUT2D eigenvalue weighted by Crippen LogP contribution is 2.21. The summed E-state index contributed by atoms with van der Waals surface area (Å²) >= 11 is 0. The normalized spacial score (nSPS) is 11.4. The lowest BCUT2D eigenvalue weighted by Gasteiger charge is -2.27. The lowest BCUT2D eigenvalue weighted by Crippen LogP contribution is -2.38. The molecule has 0 saturated carbocycles. The Labute approximate surface area is 195 Å². The van der Waals surface area contributed by atoms with Gasteiger partial charge >= 0.3 is 6.09 Å².